The maximum Gasteiger partial charge on any atom is 0.181 e. The average molecular weight is 374 g/mol. The second-order valence-electron chi connectivity index (χ2n) is 7.94. The number of hydrogen-bond acceptors (Lipinski definition) is 3. The van der Waals surface area contributed by atoms with Gasteiger partial charge >= 0.3 is 0 Å². The highest BCUT2D eigenvalue weighted by Gasteiger charge is 2.39. The molecule has 0 saturated heterocycles. The summed E-state index contributed by atoms with van der Waals surface area (Å²) in [5.41, 5.74) is 3.79. The first-order valence-electron chi connectivity index (χ1n) is 10.1. The van der Waals surface area contributed by atoms with Crippen LogP contribution in [0.3, 0.4) is 0 Å². The Morgan fingerprint density at radius 2 is 1.96 bits per heavy atom. The van der Waals surface area contributed by atoms with E-state index < -0.39 is 0 Å². The first-order chi connectivity index (χ1) is 13.8. The minimum Gasteiger partial charge on any atom is -0.448 e. The van der Waals surface area contributed by atoms with Gasteiger partial charge in [-0.15, -0.1) is 0 Å². The van der Waals surface area contributed by atoms with Gasteiger partial charge < -0.3 is 4.42 Å². The molecule has 2 aliphatic rings. The predicted octanol–water partition coefficient (Wildman–Crippen LogP) is 6.04. The first-order valence-corrected chi connectivity index (χ1v) is 10.1. The molecule has 142 valence electrons. The summed E-state index contributed by atoms with van der Waals surface area (Å²) in [6.07, 6.45) is 14.0. The van der Waals surface area contributed by atoms with E-state index in [1.54, 1.807) is 18.7 Å². The van der Waals surface area contributed by atoms with Gasteiger partial charge in [0, 0.05) is 17.7 Å². The highest BCUT2D eigenvalue weighted by molar-refractivity contribution is 5.63. The molecule has 0 amide bonds. The van der Waals surface area contributed by atoms with E-state index in [4.69, 9.17) is 4.42 Å². The number of pyridine rings is 1. The molecule has 3 atom stereocenters. The number of allylic oxidation sites excluding steroid dienone is 1. The highest BCUT2D eigenvalue weighted by Crippen LogP contribution is 2.47. The fraction of sp³-hybridized carbons (Fsp3) is 0.333. The van der Waals surface area contributed by atoms with Gasteiger partial charge in [0.15, 0.2) is 6.39 Å². The Kier molecular flexibility index (Phi) is 4.55. The zero-order valence-corrected chi connectivity index (χ0v) is 15.7. The molecule has 0 N–H and O–H groups in total. The number of nitrogens with zero attached hydrogens (tertiary/aromatic N) is 2. The van der Waals surface area contributed by atoms with Crippen LogP contribution in [-0.2, 0) is 6.42 Å². The summed E-state index contributed by atoms with van der Waals surface area (Å²) >= 11 is 0. The van der Waals surface area contributed by atoms with Gasteiger partial charge in [0.1, 0.15) is 11.6 Å². The van der Waals surface area contributed by atoms with E-state index in [9.17, 15) is 4.39 Å². The molecule has 3 nitrogen and oxygen atoms in total. The van der Waals surface area contributed by atoms with Crippen LogP contribution in [-0.4, -0.2) is 9.97 Å². The highest BCUT2D eigenvalue weighted by atomic mass is 19.1. The van der Waals surface area contributed by atoms with Crippen molar-refractivity contribution in [3.05, 3.63) is 78.0 Å². The van der Waals surface area contributed by atoms with Gasteiger partial charge in [-0.05, 0) is 60.9 Å². The Bertz CT molecular complexity index is 992. The molecular weight excluding hydrogens is 351 g/mol. The number of fused-ring (bicyclic) bond motifs is 2. The molecule has 0 radical (unpaired) electrons. The molecule has 28 heavy (non-hydrogen) atoms. The normalized spacial score (nSPS) is 24.1. The van der Waals surface area contributed by atoms with E-state index in [1.807, 2.05) is 18.2 Å². The number of oxazole rings is 1. The van der Waals surface area contributed by atoms with Crippen molar-refractivity contribution >= 4 is 6.08 Å². The van der Waals surface area contributed by atoms with Crippen LogP contribution in [0, 0.1) is 17.7 Å². The lowest BCUT2D eigenvalue weighted by Gasteiger charge is -2.38. The second kappa shape index (κ2) is 7.34. The van der Waals surface area contributed by atoms with Crippen molar-refractivity contribution < 1.29 is 8.81 Å². The zero-order chi connectivity index (χ0) is 18.9. The number of benzene rings is 1. The van der Waals surface area contributed by atoms with E-state index in [0.717, 1.165) is 34.7 Å². The third-order valence-electron chi connectivity index (χ3n) is 6.28. The van der Waals surface area contributed by atoms with Crippen molar-refractivity contribution in [1.82, 2.24) is 9.97 Å². The molecular formula is C24H23FN2O. The van der Waals surface area contributed by atoms with Crippen LogP contribution in [0.4, 0.5) is 4.39 Å². The molecule has 2 aromatic heterocycles. The number of halogens is 1. The fourth-order valence-electron chi connectivity index (χ4n) is 4.88. The van der Waals surface area contributed by atoms with Crippen molar-refractivity contribution in [2.45, 2.75) is 38.0 Å². The Morgan fingerprint density at radius 1 is 1.04 bits per heavy atom. The molecule has 3 unspecified atom stereocenters. The SMILES string of the molecule is Fc1cccc(-c2ccc(/C=C/C3c4ocnc4CC4CCCCC43)nc2)c1. The lowest BCUT2D eigenvalue weighted by atomic mass is 9.66. The van der Waals surface area contributed by atoms with E-state index in [-0.39, 0.29) is 11.7 Å². The van der Waals surface area contributed by atoms with Gasteiger partial charge in [-0.3, -0.25) is 4.98 Å². The minimum atomic E-state index is -0.233. The van der Waals surface area contributed by atoms with Crippen LogP contribution < -0.4 is 0 Å². The number of rotatable bonds is 3. The van der Waals surface area contributed by atoms with Gasteiger partial charge in [0.2, 0.25) is 0 Å². The summed E-state index contributed by atoms with van der Waals surface area (Å²) in [6, 6.07) is 10.6. The molecule has 0 aliphatic heterocycles. The summed E-state index contributed by atoms with van der Waals surface area (Å²) in [5.74, 6) is 2.43. The van der Waals surface area contributed by atoms with Crippen LogP contribution in [0.2, 0.25) is 0 Å². The lowest BCUT2D eigenvalue weighted by Crippen LogP contribution is -2.31. The monoisotopic (exact) mass is 374 g/mol. The topological polar surface area (TPSA) is 38.9 Å². The summed E-state index contributed by atoms with van der Waals surface area (Å²) < 4.78 is 19.2. The number of hydrogen-bond donors (Lipinski definition) is 0. The van der Waals surface area contributed by atoms with Crippen molar-refractivity contribution in [3.8, 4) is 11.1 Å². The Morgan fingerprint density at radius 3 is 2.82 bits per heavy atom. The second-order valence-corrected chi connectivity index (χ2v) is 7.94. The van der Waals surface area contributed by atoms with Gasteiger partial charge in [-0.2, -0.15) is 0 Å². The molecule has 1 fully saturated rings. The molecule has 2 aliphatic carbocycles. The average Bonchev–Trinajstić information content (AvgIpc) is 3.20. The molecule has 1 aromatic carbocycles. The third-order valence-corrected chi connectivity index (χ3v) is 6.28. The smallest absolute Gasteiger partial charge is 0.181 e. The first kappa shape index (κ1) is 17.4. The van der Waals surface area contributed by atoms with Crippen molar-refractivity contribution in [2.75, 3.05) is 0 Å². The summed E-state index contributed by atoms with van der Waals surface area (Å²) in [6.45, 7) is 0. The van der Waals surface area contributed by atoms with Gasteiger partial charge in [0.25, 0.3) is 0 Å². The molecule has 5 rings (SSSR count). The number of aromatic nitrogens is 2. The molecule has 4 heteroatoms. The van der Waals surface area contributed by atoms with Crippen LogP contribution >= 0.6 is 0 Å². The van der Waals surface area contributed by atoms with Gasteiger partial charge in [-0.25, -0.2) is 9.37 Å². The third kappa shape index (κ3) is 3.28. The predicted molar refractivity (Wildman–Crippen MR) is 107 cm³/mol. The molecule has 1 saturated carbocycles. The van der Waals surface area contributed by atoms with Crippen molar-refractivity contribution in [2.24, 2.45) is 11.8 Å². The Hall–Kier alpha value is -2.75. The fourth-order valence-corrected chi connectivity index (χ4v) is 4.88. The summed E-state index contributed by atoms with van der Waals surface area (Å²) in [4.78, 5) is 9.02. The molecule has 2 heterocycles. The van der Waals surface area contributed by atoms with Crippen LogP contribution in [0.15, 0.2) is 59.5 Å². The molecule has 3 aromatic rings. The maximum atomic E-state index is 13.4. The van der Waals surface area contributed by atoms with Crippen LogP contribution in [0.1, 0.15) is 48.7 Å². The Balaban J connectivity index is 1.39. The standard InChI is InChI=1S/C24H23FN2O/c25-19-6-3-5-16(12-19)18-8-9-20(26-14-18)10-11-22-21-7-2-1-4-17(21)13-23-24(22)28-15-27-23/h3,5-6,8-12,14-15,17,21-22H,1-2,4,7,13H2/b11-10+. The lowest BCUT2D eigenvalue weighted by molar-refractivity contribution is 0.187. The zero-order valence-electron chi connectivity index (χ0n) is 15.7. The van der Waals surface area contributed by atoms with Crippen molar-refractivity contribution in [1.29, 1.82) is 0 Å². The largest absolute Gasteiger partial charge is 0.448 e. The summed E-state index contributed by atoms with van der Waals surface area (Å²) in [7, 11) is 0. The van der Waals surface area contributed by atoms with Crippen LogP contribution in [0.5, 0.6) is 0 Å². The van der Waals surface area contributed by atoms with Crippen LogP contribution in [0.25, 0.3) is 17.2 Å². The maximum absolute atomic E-state index is 13.4. The quantitative estimate of drug-likeness (QED) is 0.561. The molecule has 0 spiro atoms. The Labute approximate surface area is 164 Å². The van der Waals surface area contributed by atoms with Gasteiger partial charge in [-0.1, -0.05) is 37.1 Å². The van der Waals surface area contributed by atoms with E-state index in [0.29, 0.717) is 11.8 Å². The summed E-state index contributed by atoms with van der Waals surface area (Å²) in [5, 5.41) is 0. The minimum absolute atomic E-state index is 0.233. The van der Waals surface area contributed by atoms with Gasteiger partial charge in [0.05, 0.1) is 11.4 Å². The van der Waals surface area contributed by atoms with E-state index in [1.165, 1.54) is 37.8 Å². The van der Waals surface area contributed by atoms with E-state index >= 15 is 0 Å². The van der Waals surface area contributed by atoms with E-state index in [2.05, 4.69) is 22.1 Å². The molecule has 0 bridgehead atoms. The van der Waals surface area contributed by atoms with Crippen molar-refractivity contribution in [3.63, 3.8) is 0 Å².